The highest BCUT2D eigenvalue weighted by Gasteiger charge is 2.33. The summed E-state index contributed by atoms with van der Waals surface area (Å²) in [7, 11) is 0. The molecule has 0 spiro atoms. The molecule has 1 saturated heterocycles. The van der Waals surface area contributed by atoms with Crippen LogP contribution < -0.4 is 5.73 Å². The maximum atomic E-state index is 12.8. The van der Waals surface area contributed by atoms with E-state index in [-0.39, 0.29) is 18.4 Å². The van der Waals surface area contributed by atoms with Gasteiger partial charge in [-0.15, -0.1) is 0 Å². The standard InChI is InChI=1S/C19H27N3O2/c1-2-16-9-5-6-10-22(16)18(23)13-21-12-15-8-4-3-7-14(15)11-17(21)19(20)24/h3-4,7-8,16-17H,2,5-6,9-13H2,1H3,(H2,20,24)/t16-,17+/m0/s1. The molecule has 5 nitrogen and oxygen atoms in total. The first-order valence-corrected chi connectivity index (χ1v) is 8.99. The third-order valence-electron chi connectivity index (χ3n) is 5.43. The number of hydrogen-bond acceptors (Lipinski definition) is 3. The Morgan fingerprint density at radius 1 is 1.21 bits per heavy atom. The molecule has 1 fully saturated rings. The predicted octanol–water partition coefficient (Wildman–Crippen LogP) is 1.69. The first-order valence-electron chi connectivity index (χ1n) is 8.99. The topological polar surface area (TPSA) is 66.6 Å². The summed E-state index contributed by atoms with van der Waals surface area (Å²) in [4.78, 5) is 28.7. The lowest BCUT2D eigenvalue weighted by molar-refractivity contribution is -0.138. The van der Waals surface area contributed by atoms with E-state index in [9.17, 15) is 9.59 Å². The summed E-state index contributed by atoms with van der Waals surface area (Å²) in [6.07, 6.45) is 4.95. The van der Waals surface area contributed by atoms with Crippen LogP contribution in [0.5, 0.6) is 0 Å². The third-order valence-corrected chi connectivity index (χ3v) is 5.43. The van der Waals surface area contributed by atoms with Gasteiger partial charge in [0, 0.05) is 19.1 Å². The molecule has 3 rings (SSSR count). The van der Waals surface area contributed by atoms with Crippen molar-refractivity contribution in [1.29, 1.82) is 0 Å². The number of primary amides is 1. The Bertz CT molecular complexity index is 616. The van der Waals surface area contributed by atoms with Gasteiger partial charge in [0.1, 0.15) is 0 Å². The molecular formula is C19H27N3O2. The number of rotatable bonds is 4. The van der Waals surface area contributed by atoms with E-state index in [0.29, 0.717) is 19.0 Å². The zero-order valence-corrected chi connectivity index (χ0v) is 14.4. The molecule has 2 aliphatic heterocycles. The van der Waals surface area contributed by atoms with E-state index in [0.717, 1.165) is 31.4 Å². The molecule has 0 unspecified atom stereocenters. The number of fused-ring (bicyclic) bond motifs is 1. The summed E-state index contributed by atoms with van der Waals surface area (Å²) >= 11 is 0. The van der Waals surface area contributed by atoms with Gasteiger partial charge in [-0.3, -0.25) is 14.5 Å². The normalized spacial score (nSPS) is 24.5. The molecule has 24 heavy (non-hydrogen) atoms. The smallest absolute Gasteiger partial charge is 0.237 e. The van der Waals surface area contributed by atoms with E-state index in [1.807, 2.05) is 28.0 Å². The van der Waals surface area contributed by atoms with Gasteiger partial charge >= 0.3 is 0 Å². The highest BCUT2D eigenvalue weighted by atomic mass is 16.2. The van der Waals surface area contributed by atoms with Gasteiger partial charge in [0.05, 0.1) is 12.6 Å². The molecule has 2 N–H and O–H groups in total. The molecule has 0 aromatic heterocycles. The molecule has 2 aliphatic rings. The summed E-state index contributed by atoms with van der Waals surface area (Å²) in [5.74, 6) is -0.213. The van der Waals surface area contributed by atoms with Crippen molar-refractivity contribution in [3.05, 3.63) is 35.4 Å². The number of hydrogen-bond donors (Lipinski definition) is 1. The van der Waals surface area contributed by atoms with E-state index in [4.69, 9.17) is 5.73 Å². The van der Waals surface area contributed by atoms with Gasteiger partial charge in [0.15, 0.2) is 0 Å². The SMILES string of the molecule is CC[C@H]1CCCCN1C(=O)CN1Cc2ccccc2C[C@@H]1C(N)=O. The van der Waals surface area contributed by atoms with Crippen molar-refractivity contribution in [2.45, 2.75) is 57.7 Å². The average molecular weight is 329 g/mol. The number of nitrogens with zero attached hydrogens (tertiary/aromatic N) is 2. The van der Waals surface area contributed by atoms with E-state index < -0.39 is 6.04 Å². The van der Waals surface area contributed by atoms with Crippen molar-refractivity contribution in [2.24, 2.45) is 5.73 Å². The van der Waals surface area contributed by atoms with Crippen molar-refractivity contribution in [1.82, 2.24) is 9.80 Å². The minimum Gasteiger partial charge on any atom is -0.368 e. The Morgan fingerprint density at radius 3 is 2.67 bits per heavy atom. The molecular weight excluding hydrogens is 302 g/mol. The second kappa shape index (κ2) is 7.34. The highest BCUT2D eigenvalue weighted by Crippen LogP contribution is 2.25. The molecule has 0 radical (unpaired) electrons. The number of amides is 2. The number of likely N-dealkylation sites (tertiary alicyclic amines) is 1. The molecule has 2 amide bonds. The largest absolute Gasteiger partial charge is 0.368 e. The molecule has 5 heteroatoms. The molecule has 130 valence electrons. The van der Waals surface area contributed by atoms with E-state index in [1.54, 1.807) is 0 Å². The average Bonchev–Trinajstić information content (AvgIpc) is 2.60. The molecule has 1 aromatic carbocycles. The van der Waals surface area contributed by atoms with Gasteiger partial charge in [0.25, 0.3) is 0 Å². The number of piperidine rings is 1. The van der Waals surface area contributed by atoms with E-state index in [1.165, 1.54) is 12.0 Å². The van der Waals surface area contributed by atoms with Crippen LogP contribution >= 0.6 is 0 Å². The quantitative estimate of drug-likeness (QED) is 0.914. The molecule has 0 saturated carbocycles. The first kappa shape index (κ1) is 17.0. The van der Waals surface area contributed by atoms with Gasteiger partial charge in [-0.2, -0.15) is 0 Å². The van der Waals surface area contributed by atoms with Crippen LogP contribution in [0.2, 0.25) is 0 Å². The Hall–Kier alpha value is -1.88. The second-order valence-corrected chi connectivity index (χ2v) is 6.94. The minimum atomic E-state index is -0.395. The van der Waals surface area contributed by atoms with Crippen molar-refractivity contribution in [2.75, 3.05) is 13.1 Å². The van der Waals surface area contributed by atoms with Gasteiger partial charge in [0.2, 0.25) is 11.8 Å². The summed E-state index contributed by atoms with van der Waals surface area (Å²) in [5, 5.41) is 0. The van der Waals surface area contributed by atoms with Crippen molar-refractivity contribution in [3.63, 3.8) is 0 Å². The molecule has 2 heterocycles. The van der Waals surface area contributed by atoms with Crippen molar-refractivity contribution < 1.29 is 9.59 Å². The lowest BCUT2D eigenvalue weighted by Gasteiger charge is -2.39. The van der Waals surface area contributed by atoms with Crippen LogP contribution in [0.25, 0.3) is 0 Å². The Balaban J connectivity index is 1.74. The fourth-order valence-electron chi connectivity index (χ4n) is 4.04. The predicted molar refractivity (Wildman–Crippen MR) is 93.2 cm³/mol. The lowest BCUT2D eigenvalue weighted by Crippen LogP contribution is -2.54. The van der Waals surface area contributed by atoms with Gasteiger partial charge < -0.3 is 10.6 Å². The van der Waals surface area contributed by atoms with Crippen molar-refractivity contribution in [3.8, 4) is 0 Å². The summed E-state index contributed by atoms with van der Waals surface area (Å²) in [5.41, 5.74) is 7.97. The van der Waals surface area contributed by atoms with E-state index >= 15 is 0 Å². The van der Waals surface area contributed by atoms with Crippen LogP contribution in [0.1, 0.15) is 43.7 Å². The van der Waals surface area contributed by atoms with Gasteiger partial charge in [-0.1, -0.05) is 31.2 Å². The van der Waals surface area contributed by atoms with Crippen LogP contribution in [-0.4, -0.2) is 46.8 Å². The van der Waals surface area contributed by atoms with E-state index in [2.05, 4.69) is 13.0 Å². The molecule has 0 bridgehead atoms. The van der Waals surface area contributed by atoms with Crippen LogP contribution in [0.4, 0.5) is 0 Å². The zero-order chi connectivity index (χ0) is 17.1. The number of carbonyl (C=O) groups is 2. The summed E-state index contributed by atoms with van der Waals surface area (Å²) < 4.78 is 0. The maximum absolute atomic E-state index is 12.8. The Labute approximate surface area is 143 Å². The Morgan fingerprint density at radius 2 is 1.96 bits per heavy atom. The Kier molecular flexibility index (Phi) is 5.19. The molecule has 2 atom stereocenters. The van der Waals surface area contributed by atoms with Gasteiger partial charge in [-0.05, 0) is 43.2 Å². The zero-order valence-electron chi connectivity index (χ0n) is 14.4. The second-order valence-electron chi connectivity index (χ2n) is 6.94. The van der Waals surface area contributed by atoms with Crippen LogP contribution in [0, 0.1) is 0 Å². The van der Waals surface area contributed by atoms with Crippen LogP contribution in [0.15, 0.2) is 24.3 Å². The van der Waals surface area contributed by atoms with Gasteiger partial charge in [-0.25, -0.2) is 0 Å². The number of nitrogens with two attached hydrogens (primary N) is 1. The fourth-order valence-corrected chi connectivity index (χ4v) is 4.04. The number of benzene rings is 1. The number of carbonyl (C=O) groups excluding carboxylic acids is 2. The molecule has 0 aliphatic carbocycles. The minimum absolute atomic E-state index is 0.132. The first-order chi connectivity index (χ1) is 11.6. The third kappa shape index (κ3) is 3.46. The molecule has 1 aromatic rings. The monoisotopic (exact) mass is 329 g/mol. The highest BCUT2D eigenvalue weighted by molar-refractivity contribution is 5.83. The lowest BCUT2D eigenvalue weighted by atomic mass is 9.93. The van der Waals surface area contributed by atoms with Crippen molar-refractivity contribution >= 4 is 11.8 Å². The van der Waals surface area contributed by atoms with Crippen LogP contribution in [0.3, 0.4) is 0 Å². The fraction of sp³-hybridized carbons (Fsp3) is 0.579. The summed E-state index contributed by atoms with van der Waals surface area (Å²) in [6.45, 7) is 3.86. The maximum Gasteiger partial charge on any atom is 0.237 e. The van der Waals surface area contributed by atoms with Crippen LogP contribution in [-0.2, 0) is 22.6 Å². The summed E-state index contributed by atoms with van der Waals surface area (Å²) in [6, 6.07) is 8.05.